The monoisotopic (exact) mass is 613 g/mol. The maximum atomic E-state index is 13.5. The third-order valence-corrected chi connectivity index (χ3v) is 9.15. The Morgan fingerprint density at radius 1 is 1.20 bits per heavy atom. The number of aromatic nitrogens is 1. The second-order valence-electron chi connectivity index (χ2n) is 11.7. The number of unbranched alkanes of at least 4 members (excludes halogenated alkanes) is 1. The molecular weight excluding hydrogens is 566 g/mol. The van der Waals surface area contributed by atoms with Gasteiger partial charge in [0.05, 0.1) is 36.2 Å². The zero-order chi connectivity index (χ0) is 31.5. The molecule has 0 spiro atoms. The van der Waals surface area contributed by atoms with Gasteiger partial charge in [-0.05, 0) is 63.2 Å². The Hall–Kier alpha value is -3.16. The lowest BCUT2D eigenvalue weighted by Crippen LogP contribution is -2.35. The van der Waals surface area contributed by atoms with Crippen LogP contribution in [0, 0.1) is 11.8 Å². The Morgan fingerprint density at radius 3 is 2.73 bits per heavy atom. The highest BCUT2D eigenvalue weighted by atomic mass is 32.2. The number of rotatable bonds is 15. The minimum Gasteiger partial charge on any atom is -0.598 e. The van der Waals surface area contributed by atoms with Crippen molar-refractivity contribution in [3.63, 3.8) is 0 Å². The smallest absolute Gasteiger partial charge is 0.125 e. The number of benzene rings is 2. The molecular formula is C36H47N5O2S. The van der Waals surface area contributed by atoms with E-state index in [9.17, 15) is 9.66 Å². The fraction of sp³-hybridized carbons (Fsp3) is 0.417. The van der Waals surface area contributed by atoms with Crippen molar-refractivity contribution in [3.8, 4) is 23.1 Å². The van der Waals surface area contributed by atoms with Crippen molar-refractivity contribution < 1.29 is 9.66 Å². The van der Waals surface area contributed by atoms with Crippen LogP contribution in [0.3, 0.4) is 0 Å². The van der Waals surface area contributed by atoms with E-state index >= 15 is 0 Å². The molecule has 0 fully saturated rings. The summed E-state index contributed by atoms with van der Waals surface area (Å²) < 4.78 is 15.5. The number of aliphatic hydroxyl groups is 1. The van der Waals surface area contributed by atoms with E-state index in [4.69, 9.17) is 4.98 Å². The number of nitrogens with zero attached hydrogens (tertiary/aromatic N) is 3. The molecule has 0 bridgehead atoms. The van der Waals surface area contributed by atoms with Crippen molar-refractivity contribution in [1.82, 2.24) is 24.8 Å². The minimum atomic E-state index is -1.16. The van der Waals surface area contributed by atoms with Gasteiger partial charge in [-0.25, -0.2) is 4.98 Å². The Balaban J connectivity index is 1.65. The third kappa shape index (κ3) is 9.18. The summed E-state index contributed by atoms with van der Waals surface area (Å²) in [6.45, 7) is 11.4. The molecule has 8 heteroatoms. The molecule has 1 aliphatic rings. The Kier molecular flexibility index (Phi) is 12.9. The number of hydrogen-bond donors (Lipinski definition) is 3. The molecule has 1 aliphatic heterocycles. The lowest BCUT2D eigenvalue weighted by Gasteiger charge is -2.26. The van der Waals surface area contributed by atoms with Crippen molar-refractivity contribution >= 4 is 17.1 Å². The summed E-state index contributed by atoms with van der Waals surface area (Å²) >= 11 is -1.16. The maximum absolute atomic E-state index is 13.5. The molecule has 7 nitrogen and oxygen atoms in total. The van der Waals surface area contributed by atoms with Crippen LogP contribution in [0.4, 0.5) is 0 Å². The first-order valence-corrected chi connectivity index (χ1v) is 16.8. The van der Waals surface area contributed by atoms with Gasteiger partial charge in [-0.15, -0.1) is 4.31 Å². The van der Waals surface area contributed by atoms with Crippen LogP contribution in [0.15, 0.2) is 67.2 Å². The van der Waals surface area contributed by atoms with Gasteiger partial charge in [0.1, 0.15) is 5.75 Å². The van der Waals surface area contributed by atoms with Crippen LogP contribution in [-0.4, -0.2) is 69.4 Å². The Labute approximate surface area is 267 Å². The van der Waals surface area contributed by atoms with Gasteiger partial charge in [-0.2, -0.15) is 0 Å². The SMILES string of the molecule is C=C(N[C@H](C)CNCc1ccccc1)c1cc2c(c(-c3cccc(C#CCN(C)C)c3)n1)[C@@H](CCO)N([S@+]([O-])CCCC)C2. The van der Waals surface area contributed by atoms with E-state index in [-0.39, 0.29) is 18.7 Å². The molecule has 0 saturated carbocycles. The number of nitrogens with one attached hydrogen (secondary N) is 2. The first kappa shape index (κ1) is 33.7. The topological polar surface area (TPSA) is 86.7 Å². The zero-order valence-electron chi connectivity index (χ0n) is 26.6. The summed E-state index contributed by atoms with van der Waals surface area (Å²) in [5.74, 6) is 7.12. The molecule has 1 aromatic heterocycles. The van der Waals surface area contributed by atoms with Crippen molar-refractivity contribution in [2.45, 2.75) is 58.3 Å². The highest BCUT2D eigenvalue weighted by Gasteiger charge is 2.40. The Morgan fingerprint density at radius 2 is 2.00 bits per heavy atom. The summed E-state index contributed by atoms with van der Waals surface area (Å²) in [5, 5.41) is 17.1. The molecule has 0 unspecified atom stereocenters. The number of aliphatic hydroxyl groups excluding tert-OH is 1. The van der Waals surface area contributed by atoms with E-state index in [1.54, 1.807) is 0 Å². The first-order chi connectivity index (χ1) is 21.3. The fourth-order valence-electron chi connectivity index (χ4n) is 5.41. The molecule has 0 radical (unpaired) electrons. The zero-order valence-corrected chi connectivity index (χ0v) is 27.4. The second-order valence-corrected chi connectivity index (χ2v) is 13.2. The summed E-state index contributed by atoms with van der Waals surface area (Å²) in [6, 6.07) is 20.5. The third-order valence-electron chi connectivity index (χ3n) is 7.60. The largest absolute Gasteiger partial charge is 0.598 e. The van der Waals surface area contributed by atoms with Gasteiger partial charge in [0.15, 0.2) is 0 Å². The summed E-state index contributed by atoms with van der Waals surface area (Å²) in [7, 11) is 4.00. The van der Waals surface area contributed by atoms with Crippen LogP contribution >= 0.6 is 0 Å². The van der Waals surface area contributed by atoms with Gasteiger partial charge in [0, 0.05) is 53.8 Å². The molecule has 0 aliphatic carbocycles. The van der Waals surface area contributed by atoms with Crippen molar-refractivity contribution in [1.29, 1.82) is 0 Å². The molecule has 0 amide bonds. The summed E-state index contributed by atoms with van der Waals surface area (Å²) in [4.78, 5) is 7.23. The predicted octanol–water partition coefficient (Wildman–Crippen LogP) is 5.10. The van der Waals surface area contributed by atoms with E-state index in [1.807, 2.05) is 41.5 Å². The van der Waals surface area contributed by atoms with E-state index in [2.05, 4.69) is 85.4 Å². The lowest BCUT2D eigenvalue weighted by molar-refractivity contribution is 0.235. The van der Waals surface area contributed by atoms with E-state index in [1.165, 1.54) is 5.56 Å². The van der Waals surface area contributed by atoms with E-state index in [0.29, 0.717) is 25.3 Å². The molecule has 0 saturated heterocycles. The van der Waals surface area contributed by atoms with E-state index < -0.39 is 11.4 Å². The average Bonchev–Trinajstić information content (AvgIpc) is 3.38. The summed E-state index contributed by atoms with van der Waals surface area (Å²) in [6.07, 6.45) is 2.37. The summed E-state index contributed by atoms with van der Waals surface area (Å²) in [5.41, 5.74) is 7.58. The fourth-order valence-corrected chi connectivity index (χ4v) is 6.96. The van der Waals surface area contributed by atoms with Crippen LogP contribution in [0.5, 0.6) is 0 Å². The van der Waals surface area contributed by atoms with E-state index in [0.717, 1.165) is 65.3 Å². The van der Waals surface area contributed by atoms with Gasteiger partial charge in [-0.3, -0.25) is 4.90 Å². The van der Waals surface area contributed by atoms with Crippen LogP contribution in [0.1, 0.15) is 67.1 Å². The Bertz CT molecular complexity index is 1440. The van der Waals surface area contributed by atoms with Crippen LogP contribution in [0.2, 0.25) is 0 Å². The maximum Gasteiger partial charge on any atom is 0.125 e. The first-order valence-electron chi connectivity index (χ1n) is 15.5. The normalized spacial score (nSPS) is 15.8. The molecule has 3 aromatic rings. The molecule has 234 valence electrons. The minimum absolute atomic E-state index is 0.00455. The highest BCUT2D eigenvalue weighted by molar-refractivity contribution is 7.89. The average molecular weight is 614 g/mol. The van der Waals surface area contributed by atoms with Crippen LogP contribution < -0.4 is 10.6 Å². The van der Waals surface area contributed by atoms with Gasteiger partial charge in [0.25, 0.3) is 0 Å². The number of pyridine rings is 1. The molecule has 2 aromatic carbocycles. The quantitative estimate of drug-likeness (QED) is 0.162. The van der Waals surface area contributed by atoms with Crippen LogP contribution in [0.25, 0.3) is 17.0 Å². The molecule has 44 heavy (non-hydrogen) atoms. The van der Waals surface area contributed by atoms with Crippen molar-refractivity contribution in [2.24, 2.45) is 0 Å². The number of hydrogen-bond acceptors (Lipinski definition) is 7. The molecule has 3 atom stereocenters. The standard InChI is InChI=1S/C36H47N5O2S/c1-6-7-21-44(43)41-26-32-23-33(28(3)38-27(2)24-37-25-30-13-9-8-10-14-30)39-36(35(32)34(41)18-20-42)31-17-11-15-29(22-31)16-12-19-40(4)5/h8-11,13-15,17,22-23,27,34,37-38,42H,3,6-7,18-21,24-26H2,1-2,4-5H3/t27-,34-,44-/m1/s1. The molecule has 2 heterocycles. The van der Waals surface area contributed by atoms with Gasteiger partial charge in [-0.1, -0.05) is 74.2 Å². The van der Waals surface area contributed by atoms with Gasteiger partial charge >= 0.3 is 0 Å². The van der Waals surface area contributed by atoms with Gasteiger partial charge < -0.3 is 20.3 Å². The second kappa shape index (κ2) is 16.8. The van der Waals surface area contributed by atoms with Crippen molar-refractivity contribution in [3.05, 3.63) is 95.2 Å². The van der Waals surface area contributed by atoms with Crippen LogP contribution in [-0.2, 0) is 24.5 Å². The van der Waals surface area contributed by atoms with Crippen molar-refractivity contribution in [2.75, 3.05) is 39.5 Å². The molecule has 4 rings (SSSR count). The number of fused-ring (bicyclic) bond motifs is 1. The van der Waals surface area contributed by atoms with Gasteiger partial charge in [0.2, 0.25) is 0 Å². The highest BCUT2D eigenvalue weighted by Crippen LogP contribution is 2.43. The predicted molar refractivity (Wildman–Crippen MR) is 183 cm³/mol. The molecule has 3 N–H and O–H groups in total. The lowest BCUT2D eigenvalue weighted by atomic mass is 9.95.